The third-order valence-corrected chi connectivity index (χ3v) is 2.05. The van der Waals surface area contributed by atoms with Gasteiger partial charge in [0.05, 0.1) is 0 Å². The number of carboxylic acids is 2. The van der Waals surface area contributed by atoms with E-state index in [0.29, 0.717) is 0 Å². The van der Waals surface area contributed by atoms with E-state index < -0.39 is 29.6 Å². The largest absolute Gasteiger partial charge is 0.479 e. The van der Waals surface area contributed by atoms with E-state index in [2.05, 4.69) is 0 Å². The summed E-state index contributed by atoms with van der Waals surface area (Å²) in [5.41, 5.74) is -2.25. The van der Waals surface area contributed by atoms with Crippen LogP contribution in [0.5, 0.6) is 0 Å². The summed E-state index contributed by atoms with van der Waals surface area (Å²) < 4.78 is 0. The van der Waals surface area contributed by atoms with E-state index in [4.69, 9.17) is 15.3 Å². The van der Waals surface area contributed by atoms with Crippen molar-refractivity contribution in [2.45, 2.75) is 25.6 Å². The van der Waals surface area contributed by atoms with Crippen molar-refractivity contribution in [2.24, 2.45) is 5.92 Å². The van der Waals surface area contributed by atoms with Crippen LogP contribution in [0.3, 0.4) is 0 Å². The molecule has 6 nitrogen and oxygen atoms in total. The fraction of sp³-hybridized carbons (Fsp3) is 0.714. The van der Waals surface area contributed by atoms with Crippen molar-refractivity contribution in [3.8, 4) is 0 Å². The average molecular weight is 192 g/mol. The second kappa shape index (κ2) is 3.71. The Morgan fingerprint density at radius 1 is 1.31 bits per heavy atom. The molecule has 6 heteroatoms. The van der Waals surface area contributed by atoms with Gasteiger partial charge in [0.2, 0.25) is 0 Å². The van der Waals surface area contributed by atoms with Crippen LogP contribution in [0.1, 0.15) is 13.8 Å². The second-order valence-electron chi connectivity index (χ2n) is 3.02. The molecule has 0 spiro atoms. The summed E-state index contributed by atoms with van der Waals surface area (Å²) in [7, 11) is 0. The lowest BCUT2D eigenvalue weighted by molar-refractivity contribution is -0.172. The van der Waals surface area contributed by atoms with Gasteiger partial charge in [-0.25, -0.2) is 9.59 Å². The van der Waals surface area contributed by atoms with Gasteiger partial charge in [-0.05, 0) is 6.92 Å². The van der Waals surface area contributed by atoms with E-state index in [1.54, 1.807) is 0 Å². The first-order chi connectivity index (χ1) is 5.71. The summed E-state index contributed by atoms with van der Waals surface area (Å²) in [4.78, 5) is 20.7. The molecule has 4 N–H and O–H groups in total. The van der Waals surface area contributed by atoms with Crippen LogP contribution in [0.4, 0.5) is 0 Å². The number of rotatable bonds is 4. The van der Waals surface area contributed by atoms with Crippen molar-refractivity contribution < 1.29 is 30.0 Å². The standard InChI is InChI=1S/C7H12O6/c1-3(4(8)5(9)10)7(2,13)6(11)12/h3-4,8,13H,1-2H3,(H,9,10)(H,11,12). The highest BCUT2D eigenvalue weighted by Crippen LogP contribution is 2.20. The first-order valence-electron chi connectivity index (χ1n) is 3.58. The maximum atomic E-state index is 10.4. The highest BCUT2D eigenvalue weighted by molar-refractivity contribution is 5.79. The Hall–Kier alpha value is -1.14. The first-order valence-corrected chi connectivity index (χ1v) is 3.58. The lowest BCUT2D eigenvalue weighted by Crippen LogP contribution is -2.49. The van der Waals surface area contributed by atoms with E-state index in [9.17, 15) is 14.7 Å². The van der Waals surface area contributed by atoms with Crippen molar-refractivity contribution in [1.82, 2.24) is 0 Å². The number of hydrogen-bond acceptors (Lipinski definition) is 4. The molecule has 3 unspecified atom stereocenters. The second-order valence-corrected chi connectivity index (χ2v) is 3.02. The third-order valence-electron chi connectivity index (χ3n) is 2.05. The summed E-state index contributed by atoms with van der Waals surface area (Å²) in [5.74, 6) is -4.42. The zero-order chi connectivity index (χ0) is 10.8. The molecule has 0 aliphatic carbocycles. The normalized spacial score (nSPS) is 20.0. The molecule has 13 heavy (non-hydrogen) atoms. The Morgan fingerprint density at radius 2 is 1.69 bits per heavy atom. The molecule has 0 aromatic rings. The number of carbonyl (C=O) groups is 2. The predicted octanol–water partition coefficient (Wildman–Crippen LogP) is -1.10. The van der Waals surface area contributed by atoms with E-state index in [1.165, 1.54) is 0 Å². The van der Waals surface area contributed by atoms with Crippen LogP contribution in [-0.4, -0.2) is 44.1 Å². The van der Waals surface area contributed by atoms with Gasteiger partial charge in [0, 0.05) is 5.92 Å². The van der Waals surface area contributed by atoms with Gasteiger partial charge in [0.1, 0.15) is 0 Å². The Labute approximate surface area is 74.4 Å². The van der Waals surface area contributed by atoms with Crippen LogP contribution in [-0.2, 0) is 9.59 Å². The number of hydrogen-bond donors (Lipinski definition) is 4. The number of aliphatic hydroxyl groups is 2. The van der Waals surface area contributed by atoms with Crippen molar-refractivity contribution in [3.63, 3.8) is 0 Å². The molecule has 0 rings (SSSR count). The molecule has 0 amide bonds. The first kappa shape index (κ1) is 11.9. The van der Waals surface area contributed by atoms with Gasteiger partial charge < -0.3 is 20.4 Å². The van der Waals surface area contributed by atoms with Gasteiger partial charge in [-0.2, -0.15) is 0 Å². The maximum Gasteiger partial charge on any atom is 0.335 e. The van der Waals surface area contributed by atoms with Crippen molar-refractivity contribution >= 4 is 11.9 Å². The van der Waals surface area contributed by atoms with Crippen LogP contribution in [0.2, 0.25) is 0 Å². The minimum absolute atomic E-state index is 0.937. The smallest absolute Gasteiger partial charge is 0.335 e. The Kier molecular flexibility index (Phi) is 3.39. The topological polar surface area (TPSA) is 115 Å². The Bertz CT molecular complexity index is 221. The van der Waals surface area contributed by atoms with E-state index in [-0.39, 0.29) is 0 Å². The molecule has 0 heterocycles. The zero-order valence-electron chi connectivity index (χ0n) is 7.26. The molecule has 0 aliphatic heterocycles. The Morgan fingerprint density at radius 3 is 1.92 bits per heavy atom. The average Bonchev–Trinajstić information content (AvgIpc) is 2.01. The monoisotopic (exact) mass is 192 g/mol. The van der Waals surface area contributed by atoms with Crippen LogP contribution >= 0.6 is 0 Å². The third kappa shape index (κ3) is 2.40. The van der Waals surface area contributed by atoms with Gasteiger partial charge in [0.15, 0.2) is 11.7 Å². The van der Waals surface area contributed by atoms with Gasteiger partial charge in [-0.3, -0.25) is 0 Å². The molecule has 0 bridgehead atoms. The van der Waals surface area contributed by atoms with Gasteiger partial charge in [0.25, 0.3) is 0 Å². The zero-order valence-corrected chi connectivity index (χ0v) is 7.26. The van der Waals surface area contributed by atoms with Gasteiger partial charge in [-0.1, -0.05) is 6.92 Å². The maximum absolute atomic E-state index is 10.4. The molecular weight excluding hydrogens is 180 g/mol. The SMILES string of the molecule is CC(C(O)C(=O)O)C(C)(O)C(=O)O. The fourth-order valence-corrected chi connectivity index (χ4v) is 0.716. The molecule has 76 valence electrons. The Balaban J connectivity index is 4.67. The lowest BCUT2D eigenvalue weighted by Gasteiger charge is -2.27. The molecule has 0 fully saturated rings. The summed E-state index contributed by atoms with van der Waals surface area (Å²) >= 11 is 0. The molecule has 0 aromatic carbocycles. The van der Waals surface area contributed by atoms with Gasteiger partial charge in [-0.15, -0.1) is 0 Å². The van der Waals surface area contributed by atoms with E-state index in [0.717, 1.165) is 13.8 Å². The highest BCUT2D eigenvalue weighted by atomic mass is 16.4. The van der Waals surface area contributed by atoms with Crippen LogP contribution in [0, 0.1) is 5.92 Å². The lowest BCUT2D eigenvalue weighted by atomic mass is 9.86. The minimum Gasteiger partial charge on any atom is -0.479 e. The predicted molar refractivity (Wildman–Crippen MR) is 41.1 cm³/mol. The van der Waals surface area contributed by atoms with E-state index >= 15 is 0 Å². The highest BCUT2D eigenvalue weighted by Gasteiger charge is 2.42. The van der Waals surface area contributed by atoms with Gasteiger partial charge >= 0.3 is 11.9 Å². The summed E-state index contributed by atoms with van der Waals surface area (Å²) in [6.45, 7) is 2.08. The molecule has 0 saturated carbocycles. The van der Waals surface area contributed by atoms with E-state index in [1.807, 2.05) is 0 Å². The number of carboxylic acid groups (broad SMARTS) is 2. The molecule has 0 aliphatic rings. The van der Waals surface area contributed by atoms with Crippen LogP contribution in [0.25, 0.3) is 0 Å². The summed E-state index contributed by atoms with van der Waals surface area (Å²) in [6, 6.07) is 0. The number of aliphatic carboxylic acids is 2. The quantitative estimate of drug-likeness (QED) is 0.449. The van der Waals surface area contributed by atoms with Crippen molar-refractivity contribution in [3.05, 3.63) is 0 Å². The summed E-state index contributed by atoms with van der Waals surface area (Å²) in [5, 5.41) is 35.0. The van der Waals surface area contributed by atoms with Crippen LogP contribution in [0.15, 0.2) is 0 Å². The fourth-order valence-electron chi connectivity index (χ4n) is 0.716. The van der Waals surface area contributed by atoms with Crippen molar-refractivity contribution in [2.75, 3.05) is 0 Å². The van der Waals surface area contributed by atoms with Crippen LogP contribution < -0.4 is 0 Å². The minimum atomic E-state index is -2.25. The number of aliphatic hydroxyl groups excluding tert-OH is 1. The summed E-state index contributed by atoms with van der Waals surface area (Å²) in [6.07, 6.45) is -1.90. The van der Waals surface area contributed by atoms with Crippen molar-refractivity contribution in [1.29, 1.82) is 0 Å². The molecule has 3 atom stereocenters. The molecule has 0 radical (unpaired) electrons. The molecule has 0 aromatic heterocycles. The molecule has 0 saturated heterocycles. The molecular formula is C7H12O6.